The molecule has 3 N–H and O–H groups in total. The van der Waals surface area contributed by atoms with Crippen LogP contribution in [-0.4, -0.2) is 23.8 Å². The Bertz CT molecular complexity index is 629. The van der Waals surface area contributed by atoms with E-state index in [1.165, 1.54) is 0 Å². The van der Waals surface area contributed by atoms with Crippen molar-refractivity contribution in [3.05, 3.63) is 65.7 Å². The molecular weight excluding hydrogens is 316 g/mol. The Morgan fingerprint density at radius 1 is 1.04 bits per heavy atom. The summed E-state index contributed by atoms with van der Waals surface area (Å²) in [5.41, 5.74) is 2.93. The van der Waals surface area contributed by atoms with E-state index in [1.54, 1.807) is 0 Å². The zero-order chi connectivity index (χ0) is 17.9. The second-order valence-corrected chi connectivity index (χ2v) is 6.04. The third kappa shape index (κ3) is 7.37. The monoisotopic (exact) mass is 342 g/mol. The molecule has 5 nitrogen and oxygen atoms in total. The Hall–Kier alpha value is -2.37. The third-order valence-corrected chi connectivity index (χ3v) is 3.76. The van der Waals surface area contributed by atoms with Crippen LogP contribution in [0.3, 0.4) is 0 Å². The standard InChI is InChI=1S/C20H26N2O3/c1-16(6-5-13-23)21-20(24)22-19-11-9-18(10-12-19)15-25-14-17-7-3-2-4-8-17/h2-4,7-12,16,23H,5-6,13-15H2,1H3,(H2,21,22,24). The molecule has 1 unspecified atom stereocenters. The summed E-state index contributed by atoms with van der Waals surface area (Å²) < 4.78 is 5.70. The lowest BCUT2D eigenvalue weighted by molar-refractivity contribution is 0.107. The van der Waals surface area contributed by atoms with Crippen LogP contribution in [0.1, 0.15) is 30.9 Å². The van der Waals surface area contributed by atoms with Crippen molar-refractivity contribution in [2.45, 2.75) is 39.0 Å². The van der Waals surface area contributed by atoms with Gasteiger partial charge in [-0.05, 0) is 43.0 Å². The molecule has 0 saturated carbocycles. The van der Waals surface area contributed by atoms with E-state index in [0.29, 0.717) is 19.6 Å². The molecule has 0 heterocycles. The number of urea groups is 1. The van der Waals surface area contributed by atoms with Gasteiger partial charge < -0.3 is 20.5 Å². The molecule has 0 aliphatic carbocycles. The molecule has 134 valence electrons. The number of nitrogens with one attached hydrogen (secondary N) is 2. The van der Waals surface area contributed by atoms with Gasteiger partial charge in [0.2, 0.25) is 0 Å². The number of amides is 2. The van der Waals surface area contributed by atoms with Crippen molar-refractivity contribution < 1.29 is 14.6 Å². The van der Waals surface area contributed by atoms with Gasteiger partial charge in [0.05, 0.1) is 13.2 Å². The number of rotatable bonds is 9. The van der Waals surface area contributed by atoms with Gasteiger partial charge in [-0.1, -0.05) is 42.5 Å². The molecule has 0 aromatic heterocycles. The molecule has 0 spiro atoms. The van der Waals surface area contributed by atoms with Crippen LogP contribution < -0.4 is 10.6 Å². The van der Waals surface area contributed by atoms with Crippen LogP contribution in [-0.2, 0) is 18.0 Å². The maximum atomic E-state index is 11.9. The number of hydrogen-bond donors (Lipinski definition) is 3. The van der Waals surface area contributed by atoms with Crippen molar-refractivity contribution in [3.8, 4) is 0 Å². The molecule has 2 amide bonds. The van der Waals surface area contributed by atoms with E-state index in [9.17, 15) is 4.79 Å². The van der Waals surface area contributed by atoms with Crippen LogP contribution >= 0.6 is 0 Å². The van der Waals surface area contributed by atoms with Gasteiger partial charge in [-0.15, -0.1) is 0 Å². The van der Waals surface area contributed by atoms with E-state index in [1.807, 2.05) is 61.5 Å². The summed E-state index contributed by atoms with van der Waals surface area (Å²) in [5, 5.41) is 14.4. The molecule has 0 saturated heterocycles. The normalized spacial score (nSPS) is 11.8. The largest absolute Gasteiger partial charge is 0.396 e. The van der Waals surface area contributed by atoms with E-state index in [-0.39, 0.29) is 18.7 Å². The predicted molar refractivity (Wildman–Crippen MR) is 99.3 cm³/mol. The highest BCUT2D eigenvalue weighted by Gasteiger charge is 2.07. The number of carbonyl (C=O) groups is 1. The van der Waals surface area contributed by atoms with Gasteiger partial charge >= 0.3 is 6.03 Å². The van der Waals surface area contributed by atoms with Crippen LogP contribution in [0.15, 0.2) is 54.6 Å². The molecule has 25 heavy (non-hydrogen) atoms. The molecule has 0 radical (unpaired) electrons. The van der Waals surface area contributed by atoms with Crippen LogP contribution in [0.25, 0.3) is 0 Å². The van der Waals surface area contributed by atoms with Crippen molar-refractivity contribution in [3.63, 3.8) is 0 Å². The molecule has 0 bridgehead atoms. The minimum Gasteiger partial charge on any atom is -0.396 e. The molecule has 2 aromatic carbocycles. The second-order valence-electron chi connectivity index (χ2n) is 6.04. The zero-order valence-electron chi connectivity index (χ0n) is 14.6. The summed E-state index contributed by atoms with van der Waals surface area (Å²) in [4.78, 5) is 11.9. The Labute approximate surface area is 149 Å². The smallest absolute Gasteiger partial charge is 0.319 e. The lowest BCUT2D eigenvalue weighted by Gasteiger charge is -2.14. The van der Waals surface area contributed by atoms with E-state index >= 15 is 0 Å². The van der Waals surface area contributed by atoms with E-state index in [4.69, 9.17) is 9.84 Å². The predicted octanol–water partition coefficient (Wildman–Crippen LogP) is 3.69. The minimum absolute atomic E-state index is 0.0257. The van der Waals surface area contributed by atoms with E-state index in [2.05, 4.69) is 10.6 Å². The van der Waals surface area contributed by atoms with Crippen LogP contribution in [0.5, 0.6) is 0 Å². The molecule has 0 aliphatic rings. The maximum Gasteiger partial charge on any atom is 0.319 e. The molecule has 0 fully saturated rings. The van der Waals surface area contributed by atoms with E-state index < -0.39 is 0 Å². The fraction of sp³-hybridized carbons (Fsp3) is 0.350. The van der Waals surface area contributed by atoms with Crippen molar-refractivity contribution in [1.29, 1.82) is 0 Å². The second kappa shape index (κ2) is 10.5. The first kappa shape index (κ1) is 19.0. The van der Waals surface area contributed by atoms with Gasteiger partial charge in [0, 0.05) is 18.3 Å². The van der Waals surface area contributed by atoms with Gasteiger partial charge in [0.15, 0.2) is 0 Å². The minimum atomic E-state index is -0.237. The van der Waals surface area contributed by atoms with Gasteiger partial charge in [-0.25, -0.2) is 4.79 Å². The molecular formula is C20H26N2O3. The maximum absolute atomic E-state index is 11.9. The average molecular weight is 342 g/mol. The Kier molecular flexibility index (Phi) is 7.95. The summed E-state index contributed by atoms with van der Waals surface area (Å²) in [5.74, 6) is 0. The summed E-state index contributed by atoms with van der Waals surface area (Å²) in [6.45, 7) is 3.17. The van der Waals surface area contributed by atoms with Gasteiger partial charge in [0.1, 0.15) is 0 Å². The Morgan fingerprint density at radius 2 is 1.68 bits per heavy atom. The first-order valence-corrected chi connectivity index (χ1v) is 8.56. The van der Waals surface area contributed by atoms with Gasteiger partial charge in [-0.2, -0.15) is 0 Å². The van der Waals surface area contributed by atoms with Crippen molar-refractivity contribution >= 4 is 11.7 Å². The highest BCUT2D eigenvalue weighted by molar-refractivity contribution is 5.89. The highest BCUT2D eigenvalue weighted by Crippen LogP contribution is 2.11. The summed E-state index contributed by atoms with van der Waals surface area (Å²) in [6.07, 6.45) is 1.43. The fourth-order valence-electron chi connectivity index (χ4n) is 2.41. The van der Waals surface area contributed by atoms with Gasteiger partial charge in [0.25, 0.3) is 0 Å². The molecule has 5 heteroatoms. The first-order chi connectivity index (χ1) is 12.2. The van der Waals surface area contributed by atoms with Crippen molar-refractivity contribution in [2.24, 2.45) is 0 Å². The average Bonchev–Trinajstić information content (AvgIpc) is 2.62. The number of aliphatic hydroxyl groups is 1. The summed E-state index contributed by atoms with van der Waals surface area (Å²) in [6, 6.07) is 17.4. The van der Waals surface area contributed by atoms with Crippen LogP contribution in [0, 0.1) is 0 Å². The Morgan fingerprint density at radius 3 is 2.32 bits per heavy atom. The molecule has 0 aliphatic heterocycles. The summed E-state index contributed by atoms with van der Waals surface area (Å²) >= 11 is 0. The van der Waals surface area contributed by atoms with E-state index in [0.717, 1.165) is 23.2 Å². The van der Waals surface area contributed by atoms with Crippen molar-refractivity contribution in [2.75, 3.05) is 11.9 Å². The highest BCUT2D eigenvalue weighted by atomic mass is 16.5. The van der Waals surface area contributed by atoms with Crippen molar-refractivity contribution in [1.82, 2.24) is 5.32 Å². The molecule has 1 atom stereocenters. The number of anilines is 1. The number of hydrogen-bond acceptors (Lipinski definition) is 3. The lowest BCUT2D eigenvalue weighted by Crippen LogP contribution is -2.36. The fourth-order valence-corrected chi connectivity index (χ4v) is 2.41. The zero-order valence-corrected chi connectivity index (χ0v) is 14.6. The summed E-state index contributed by atoms with van der Waals surface area (Å²) in [7, 11) is 0. The first-order valence-electron chi connectivity index (χ1n) is 8.56. The SMILES string of the molecule is CC(CCCO)NC(=O)Nc1ccc(COCc2ccccc2)cc1. The number of benzene rings is 2. The third-order valence-electron chi connectivity index (χ3n) is 3.76. The number of ether oxygens (including phenoxy) is 1. The van der Waals surface area contributed by atoms with Crippen LogP contribution in [0.2, 0.25) is 0 Å². The lowest BCUT2D eigenvalue weighted by atomic mass is 10.2. The Balaban J connectivity index is 1.72. The number of carbonyl (C=O) groups excluding carboxylic acids is 1. The quantitative estimate of drug-likeness (QED) is 0.651. The molecule has 2 rings (SSSR count). The topological polar surface area (TPSA) is 70.6 Å². The number of aliphatic hydroxyl groups excluding tert-OH is 1. The molecule has 2 aromatic rings. The van der Waals surface area contributed by atoms with Gasteiger partial charge in [-0.3, -0.25) is 0 Å². The van der Waals surface area contributed by atoms with Crippen LogP contribution in [0.4, 0.5) is 10.5 Å².